The average Bonchev–Trinajstić information content (AvgIpc) is 3.69. The molecule has 3 aromatic rings. The van der Waals surface area contributed by atoms with Crippen LogP contribution in [0.2, 0.25) is 10.0 Å². The van der Waals surface area contributed by atoms with Gasteiger partial charge >= 0.3 is 12.2 Å². The van der Waals surface area contributed by atoms with E-state index in [1.807, 2.05) is 4.90 Å². The van der Waals surface area contributed by atoms with E-state index in [1.165, 1.54) is 24.9 Å². The van der Waals surface area contributed by atoms with Crippen LogP contribution in [-0.2, 0) is 37.0 Å². The van der Waals surface area contributed by atoms with Crippen LogP contribution in [-0.4, -0.2) is 88.5 Å². The van der Waals surface area contributed by atoms with Crippen LogP contribution in [0.1, 0.15) is 70.4 Å². The van der Waals surface area contributed by atoms with Gasteiger partial charge in [0.05, 0.1) is 59.0 Å². The Bertz CT molecular complexity index is 1760. The van der Waals surface area contributed by atoms with Crippen LogP contribution in [0.4, 0.5) is 33.5 Å². The van der Waals surface area contributed by atoms with E-state index in [-0.39, 0.29) is 42.2 Å². The normalized spacial score (nSPS) is 21.9. The molecule has 0 spiro atoms. The number of benzene rings is 1. The maximum Gasteiger partial charge on any atom is 0.418 e. The first-order valence-corrected chi connectivity index (χ1v) is 16.9. The predicted molar refractivity (Wildman–Crippen MR) is 176 cm³/mol. The Balaban J connectivity index is 0.000000412. The highest BCUT2D eigenvalue weighted by Gasteiger charge is 2.42. The molecule has 6 heterocycles. The second-order valence-electron chi connectivity index (χ2n) is 12.9. The Morgan fingerprint density at radius 3 is 2.58 bits per heavy atom. The molecule has 1 aromatic carbocycles. The summed E-state index contributed by atoms with van der Waals surface area (Å²) in [6.07, 6.45) is -2.80. The van der Waals surface area contributed by atoms with Crippen molar-refractivity contribution in [2.45, 2.75) is 76.3 Å². The fourth-order valence-electron chi connectivity index (χ4n) is 7.03. The number of aromatic nitrogens is 4. The molecule has 0 bridgehead atoms. The van der Waals surface area contributed by atoms with Crippen molar-refractivity contribution in [2.75, 3.05) is 51.5 Å². The van der Waals surface area contributed by atoms with E-state index < -0.39 is 46.1 Å². The van der Waals surface area contributed by atoms with Crippen molar-refractivity contribution in [2.24, 2.45) is 0 Å². The van der Waals surface area contributed by atoms with Gasteiger partial charge in [-0.15, -0.1) is 0 Å². The van der Waals surface area contributed by atoms with Crippen molar-refractivity contribution < 1.29 is 36.2 Å². The fraction of sp³-hybridized carbons (Fsp3) is 0.562. The van der Waals surface area contributed by atoms with E-state index in [1.54, 1.807) is 18.8 Å². The topological polar surface area (TPSA) is 115 Å². The van der Waals surface area contributed by atoms with Gasteiger partial charge in [0, 0.05) is 51.8 Å². The van der Waals surface area contributed by atoms with Gasteiger partial charge in [0.1, 0.15) is 12.0 Å². The van der Waals surface area contributed by atoms with Gasteiger partial charge in [-0.2, -0.15) is 28.2 Å². The Morgan fingerprint density at radius 2 is 1.90 bits per heavy atom. The standard InChI is InChI=1S/C25H25Cl2F4N7O3.C7H12FN/c1-36(2)23(39)21-18(26)15-9-37(5-4-6-38(15)35-21)22-12-10-41-16(8-14(12)33-24(34-22)40-3)11-7-13(32)20(28)19(27)17(11)25(29,30)31;8-6-4-7-2-1-3-9(7)5-6/h7,16H,4-6,8-10,32H2,1-3H3;6-7H,1-5H2. The fourth-order valence-corrected chi connectivity index (χ4v) is 7.63. The maximum absolute atomic E-state index is 14.2. The minimum Gasteiger partial charge on any atom is -0.467 e. The number of hydrogen-bond acceptors (Lipinski definition) is 9. The molecular weight excluding hydrogens is 710 g/mol. The number of nitrogens with two attached hydrogens (primary N) is 1. The lowest BCUT2D eigenvalue weighted by atomic mass is 9.94. The molecule has 0 radical (unpaired) electrons. The van der Waals surface area contributed by atoms with Crippen LogP contribution in [0.5, 0.6) is 6.01 Å². The Kier molecular flexibility index (Phi) is 10.4. The van der Waals surface area contributed by atoms with Crippen molar-refractivity contribution in [3.05, 3.63) is 55.7 Å². The van der Waals surface area contributed by atoms with E-state index in [4.69, 9.17) is 38.4 Å². The van der Waals surface area contributed by atoms with Crippen molar-refractivity contribution in [3.63, 3.8) is 0 Å². The monoisotopic (exact) mass is 746 g/mol. The van der Waals surface area contributed by atoms with Crippen molar-refractivity contribution in [1.29, 1.82) is 0 Å². The van der Waals surface area contributed by atoms with Crippen LogP contribution in [0.25, 0.3) is 0 Å². The molecule has 2 saturated heterocycles. The molecule has 2 N–H and O–H groups in total. The quantitative estimate of drug-likeness (QED) is 0.260. The summed E-state index contributed by atoms with van der Waals surface area (Å²) in [5.74, 6) is -1.23. The van der Waals surface area contributed by atoms with Crippen LogP contribution in [0, 0.1) is 5.82 Å². The first-order valence-electron chi connectivity index (χ1n) is 16.2. The minimum atomic E-state index is -4.96. The second-order valence-corrected chi connectivity index (χ2v) is 13.7. The molecule has 2 fully saturated rings. The molecule has 50 heavy (non-hydrogen) atoms. The van der Waals surface area contributed by atoms with E-state index in [2.05, 4.69) is 20.0 Å². The number of nitrogens with zero attached hydrogens (tertiary/aromatic N) is 7. The Morgan fingerprint density at radius 1 is 1.14 bits per heavy atom. The van der Waals surface area contributed by atoms with Crippen LogP contribution in [0.15, 0.2) is 6.07 Å². The number of amides is 1. The second kappa shape index (κ2) is 14.3. The number of anilines is 2. The van der Waals surface area contributed by atoms with Crippen LogP contribution in [0.3, 0.4) is 0 Å². The zero-order chi connectivity index (χ0) is 36.1. The van der Waals surface area contributed by atoms with Gasteiger partial charge in [0.15, 0.2) is 11.5 Å². The molecule has 3 atom stereocenters. The number of aryl methyl sites for hydroxylation is 1. The number of hydrogen-bond donors (Lipinski definition) is 1. The SMILES string of the molecule is COc1nc2c(c(N3CCCn4nc(C(=O)N(C)C)c(Cl)c4C3)n1)COC(c1cc(N)c(F)c(Cl)c1C(F)(F)F)C2.FC1CC2CCCN2C1. The van der Waals surface area contributed by atoms with Gasteiger partial charge in [0.2, 0.25) is 0 Å². The number of carbonyl (C=O) groups is 1. The molecular formula is C32H37Cl2F5N8O3. The average molecular weight is 748 g/mol. The molecule has 1 amide bonds. The van der Waals surface area contributed by atoms with Crippen LogP contribution < -0.4 is 15.4 Å². The van der Waals surface area contributed by atoms with Gasteiger partial charge in [-0.25, -0.2) is 8.78 Å². The summed E-state index contributed by atoms with van der Waals surface area (Å²) in [5.41, 5.74) is 5.05. The Labute approximate surface area is 295 Å². The third kappa shape index (κ3) is 7.03. The maximum atomic E-state index is 14.2. The summed E-state index contributed by atoms with van der Waals surface area (Å²) in [6.45, 7) is 2.97. The van der Waals surface area contributed by atoms with E-state index in [0.29, 0.717) is 54.9 Å². The molecule has 4 aliphatic heterocycles. The first kappa shape index (κ1) is 36.3. The largest absolute Gasteiger partial charge is 0.467 e. The zero-order valence-electron chi connectivity index (χ0n) is 27.7. The molecule has 0 aliphatic carbocycles. The molecule has 7 rings (SSSR count). The molecule has 3 unspecified atom stereocenters. The highest BCUT2D eigenvalue weighted by molar-refractivity contribution is 6.34. The molecule has 0 saturated carbocycles. The lowest BCUT2D eigenvalue weighted by Crippen LogP contribution is -2.29. The smallest absolute Gasteiger partial charge is 0.418 e. The number of ether oxygens (including phenoxy) is 2. The van der Waals surface area contributed by atoms with Gasteiger partial charge in [-0.05, 0) is 43.9 Å². The van der Waals surface area contributed by atoms with Crippen LogP contribution >= 0.6 is 23.2 Å². The van der Waals surface area contributed by atoms with Crippen molar-refractivity contribution in [1.82, 2.24) is 29.5 Å². The van der Waals surface area contributed by atoms with Gasteiger partial charge in [-0.1, -0.05) is 23.2 Å². The Hall–Kier alpha value is -3.47. The third-order valence-electron chi connectivity index (χ3n) is 9.44. The number of alkyl halides is 4. The lowest BCUT2D eigenvalue weighted by molar-refractivity contribution is -0.140. The molecule has 11 nitrogen and oxygen atoms in total. The molecule has 4 aliphatic rings. The number of rotatable bonds is 4. The summed E-state index contributed by atoms with van der Waals surface area (Å²) < 4.78 is 81.6. The molecule has 272 valence electrons. The van der Waals surface area contributed by atoms with E-state index in [0.717, 1.165) is 19.0 Å². The highest BCUT2D eigenvalue weighted by Crippen LogP contribution is 2.46. The predicted octanol–water partition coefficient (Wildman–Crippen LogP) is 5.85. The summed E-state index contributed by atoms with van der Waals surface area (Å²) in [7, 11) is 4.58. The van der Waals surface area contributed by atoms with Gasteiger partial charge in [-0.3, -0.25) is 14.4 Å². The number of carbonyl (C=O) groups excluding carboxylic acids is 1. The number of fused-ring (bicyclic) bond motifs is 3. The van der Waals surface area contributed by atoms with E-state index in [9.17, 15) is 26.7 Å². The molecule has 18 heteroatoms. The van der Waals surface area contributed by atoms with E-state index >= 15 is 0 Å². The summed E-state index contributed by atoms with van der Waals surface area (Å²) in [6, 6.07) is 1.50. The van der Waals surface area contributed by atoms with Gasteiger partial charge < -0.3 is 25.0 Å². The van der Waals surface area contributed by atoms with Crippen molar-refractivity contribution in [3.8, 4) is 6.01 Å². The number of nitrogen functional groups attached to an aromatic ring is 1. The number of halogens is 7. The number of methoxy groups -OCH3 is 1. The summed E-state index contributed by atoms with van der Waals surface area (Å²) >= 11 is 12.4. The van der Waals surface area contributed by atoms with Gasteiger partial charge in [0.25, 0.3) is 5.91 Å². The minimum absolute atomic E-state index is 0.000534. The summed E-state index contributed by atoms with van der Waals surface area (Å²) in [4.78, 5) is 27.1. The zero-order valence-corrected chi connectivity index (χ0v) is 29.2. The van der Waals surface area contributed by atoms with Crippen molar-refractivity contribution >= 4 is 40.6 Å². The summed E-state index contributed by atoms with van der Waals surface area (Å²) in [5, 5.41) is 3.53. The first-order chi connectivity index (χ1) is 23.7. The highest BCUT2D eigenvalue weighted by atomic mass is 35.5. The third-order valence-corrected chi connectivity index (χ3v) is 10.2. The molecule has 2 aromatic heterocycles. The lowest BCUT2D eigenvalue weighted by Gasteiger charge is -2.31.